The third kappa shape index (κ3) is 4.14. The second-order valence-corrected chi connectivity index (χ2v) is 12.5. The third-order valence-corrected chi connectivity index (χ3v) is 9.67. The zero-order valence-corrected chi connectivity index (χ0v) is 26.8. The molecular weight excluding hydrogens is 627 g/mol. The number of hydrogen-bond acceptors (Lipinski definition) is 4. The third-order valence-electron chi connectivity index (χ3n) is 9.67. The molecule has 0 spiro atoms. The molecule has 6 heteroatoms. The van der Waals surface area contributed by atoms with E-state index >= 15 is 0 Å². The molecule has 4 heterocycles. The first-order valence-electron chi connectivity index (χ1n) is 19.1. The SMILES string of the molecule is [2H]c1c([2H])c([2H])c(-c2nc(-c3ccc4c(c3)oc3ccccc34)nc(-n3c4ccccc4c4c3ccc3c5ccccc5n(-c5ccccc5)c34)n2)c([2H])c1[2H]. The van der Waals surface area contributed by atoms with E-state index in [9.17, 15) is 0 Å². The summed E-state index contributed by atoms with van der Waals surface area (Å²) in [4.78, 5) is 14.9. The Morgan fingerprint density at radius 1 is 0.471 bits per heavy atom. The summed E-state index contributed by atoms with van der Waals surface area (Å²) >= 11 is 0. The lowest BCUT2D eigenvalue weighted by molar-refractivity contribution is 0.669. The van der Waals surface area contributed by atoms with Gasteiger partial charge < -0.3 is 8.98 Å². The molecule has 0 N–H and O–H groups in total. The van der Waals surface area contributed by atoms with E-state index in [1.165, 1.54) is 0 Å². The number of nitrogens with zero attached hydrogens (tertiary/aromatic N) is 5. The first-order valence-corrected chi connectivity index (χ1v) is 16.6. The number of aromatic nitrogens is 5. The van der Waals surface area contributed by atoms with Crippen LogP contribution in [0, 0.1) is 0 Å². The Hall–Kier alpha value is -7.05. The Balaban J connectivity index is 1.26. The summed E-state index contributed by atoms with van der Waals surface area (Å²) in [5.74, 6) is 0.441. The van der Waals surface area contributed by atoms with Gasteiger partial charge in [-0.25, -0.2) is 4.98 Å². The topological polar surface area (TPSA) is 61.7 Å². The summed E-state index contributed by atoms with van der Waals surface area (Å²) in [7, 11) is 0. The summed E-state index contributed by atoms with van der Waals surface area (Å²) in [5, 5.41) is 6.10. The summed E-state index contributed by atoms with van der Waals surface area (Å²) < 4.78 is 53.4. The van der Waals surface area contributed by atoms with Gasteiger partial charge in [0.1, 0.15) is 11.2 Å². The predicted octanol–water partition coefficient (Wildman–Crippen LogP) is 11.3. The maximum absolute atomic E-state index is 8.88. The molecule has 4 aromatic heterocycles. The number of hydrogen-bond donors (Lipinski definition) is 0. The fourth-order valence-electron chi connectivity index (χ4n) is 7.50. The van der Waals surface area contributed by atoms with Crippen LogP contribution in [0.3, 0.4) is 0 Å². The van der Waals surface area contributed by atoms with Gasteiger partial charge in [-0.3, -0.25) is 4.57 Å². The van der Waals surface area contributed by atoms with Crippen LogP contribution in [0.1, 0.15) is 6.85 Å². The van der Waals surface area contributed by atoms with Crippen LogP contribution >= 0.6 is 0 Å². The van der Waals surface area contributed by atoms with Crippen molar-refractivity contribution in [2.75, 3.05) is 0 Å². The van der Waals surface area contributed by atoms with Gasteiger partial charge in [-0.1, -0.05) is 115 Å². The Kier molecular flexibility index (Phi) is 4.91. The fourth-order valence-corrected chi connectivity index (χ4v) is 7.50. The highest BCUT2D eigenvalue weighted by atomic mass is 16.3. The predicted molar refractivity (Wildman–Crippen MR) is 207 cm³/mol. The largest absolute Gasteiger partial charge is 0.456 e. The summed E-state index contributed by atoms with van der Waals surface area (Å²) in [5.41, 5.74) is 6.68. The molecule has 238 valence electrons. The number of rotatable bonds is 4. The molecule has 6 nitrogen and oxygen atoms in total. The minimum atomic E-state index is -0.492. The lowest BCUT2D eigenvalue weighted by Crippen LogP contribution is -2.06. The standard InChI is InChI=1S/C45H27N5O/c1-3-13-28(14-4-1)43-46-44(29-23-24-33-32-18-9-12-22-39(32)51-40(33)27-29)48-45(47-43)50-37-21-11-8-19-35(37)41-38(50)26-25-34-31-17-7-10-20-36(31)49(42(34)41)30-15-5-2-6-16-30/h1-27H/i1D,3D,4D,13D,14D. The lowest BCUT2D eigenvalue weighted by Gasteiger charge is -2.11. The van der Waals surface area contributed by atoms with Crippen molar-refractivity contribution in [3.63, 3.8) is 0 Å². The van der Waals surface area contributed by atoms with Crippen molar-refractivity contribution >= 4 is 65.6 Å². The molecule has 0 fully saturated rings. The Bertz CT molecular complexity index is 3410. The minimum Gasteiger partial charge on any atom is -0.456 e. The summed E-state index contributed by atoms with van der Waals surface area (Å²) in [6, 6.07) is 42.3. The molecule has 0 unspecified atom stereocenters. The lowest BCUT2D eigenvalue weighted by atomic mass is 10.1. The molecule has 0 radical (unpaired) electrons. The average molecular weight is 659 g/mol. The van der Waals surface area contributed by atoms with Crippen molar-refractivity contribution in [3.8, 4) is 34.4 Å². The van der Waals surface area contributed by atoms with Crippen LogP contribution in [-0.2, 0) is 0 Å². The van der Waals surface area contributed by atoms with Crippen LogP contribution in [0.2, 0.25) is 0 Å². The van der Waals surface area contributed by atoms with Crippen LogP contribution in [0.4, 0.5) is 0 Å². The molecule has 0 aliphatic heterocycles. The van der Waals surface area contributed by atoms with Crippen molar-refractivity contribution in [1.29, 1.82) is 0 Å². The first-order chi connectivity index (χ1) is 27.4. The van der Waals surface area contributed by atoms with E-state index in [1.54, 1.807) is 0 Å². The van der Waals surface area contributed by atoms with Gasteiger partial charge in [0, 0.05) is 49.1 Å². The first kappa shape index (κ1) is 23.3. The van der Waals surface area contributed by atoms with E-state index in [4.69, 9.17) is 26.2 Å². The van der Waals surface area contributed by atoms with Crippen LogP contribution in [-0.4, -0.2) is 24.1 Å². The van der Waals surface area contributed by atoms with Crippen LogP contribution in [0.15, 0.2) is 168 Å². The van der Waals surface area contributed by atoms with Gasteiger partial charge in [0.2, 0.25) is 5.95 Å². The maximum Gasteiger partial charge on any atom is 0.238 e. The van der Waals surface area contributed by atoms with Gasteiger partial charge >= 0.3 is 0 Å². The van der Waals surface area contributed by atoms with E-state index in [2.05, 4.69) is 59.2 Å². The Labute approximate surface area is 298 Å². The number of furan rings is 1. The van der Waals surface area contributed by atoms with E-state index in [0.29, 0.717) is 11.1 Å². The van der Waals surface area contributed by atoms with Crippen LogP contribution in [0.5, 0.6) is 0 Å². The van der Waals surface area contributed by atoms with E-state index < -0.39 is 30.2 Å². The molecular formula is C45H27N5O. The fraction of sp³-hybridized carbons (Fsp3) is 0. The van der Waals surface area contributed by atoms with Gasteiger partial charge in [0.05, 0.1) is 28.9 Å². The van der Waals surface area contributed by atoms with Gasteiger partial charge in [-0.15, -0.1) is 0 Å². The molecule has 0 atom stereocenters. The van der Waals surface area contributed by atoms with Gasteiger partial charge in [-0.2, -0.15) is 9.97 Å². The number of fused-ring (bicyclic) bond motifs is 10. The molecule has 0 amide bonds. The zero-order chi connectivity index (χ0) is 37.8. The minimum absolute atomic E-state index is 0.0443. The maximum atomic E-state index is 8.88. The molecule has 0 saturated carbocycles. The molecule has 51 heavy (non-hydrogen) atoms. The number of benzene rings is 7. The highest BCUT2D eigenvalue weighted by molar-refractivity contribution is 6.26. The van der Waals surface area contributed by atoms with Crippen molar-refractivity contribution in [2.45, 2.75) is 0 Å². The molecule has 0 aliphatic rings. The van der Waals surface area contributed by atoms with Crippen LogP contribution in [0.25, 0.3) is 100.0 Å². The van der Waals surface area contributed by atoms with E-state index in [1.807, 2.05) is 83.4 Å². The summed E-state index contributed by atoms with van der Waals surface area (Å²) in [6.45, 7) is 0. The second kappa shape index (κ2) is 10.7. The van der Waals surface area contributed by atoms with Crippen molar-refractivity contribution in [3.05, 3.63) is 164 Å². The number of para-hydroxylation sites is 4. The molecule has 0 bridgehead atoms. The van der Waals surface area contributed by atoms with E-state index in [0.717, 1.165) is 65.7 Å². The highest BCUT2D eigenvalue weighted by Gasteiger charge is 2.23. The average Bonchev–Trinajstić information content (AvgIpc) is 3.90. The molecule has 11 aromatic rings. The van der Waals surface area contributed by atoms with E-state index in [-0.39, 0.29) is 23.2 Å². The highest BCUT2D eigenvalue weighted by Crippen LogP contribution is 2.42. The molecule has 0 aliphatic carbocycles. The van der Waals surface area contributed by atoms with Crippen molar-refractivity contribution in [1.82, 2.24) is 24.1 Å². The Morgan fingerprint density at radius 3 is 1.94 bits per heavy atom. The van der Waals surface area contributed by atoms with Gasteiger partial charge in [0.25, 0.3) is 0 Å². The smallest absolute Gasteiger partial charge is 0.238 e. The molecule has 11 rings (SSSR count). The second-order valence-electron chi connectivity index (χ2n) is 12.5. The normalized spacial score (nSPS) is 13.3. The van der Waals surface area contributed by atoms with Crippen LogP contribution < -0.4 is 0 Å². The molecule has 0 saturated heterocycles. The van der Waals surface area contributed by atoms with Crippen molar-refractivity contribution < 1.29 is 11.3 Å². The van der Waals surface area contributed by atoms with Crippen molar-refractivity contribution in [2.24, 2.45) is 0 Å². The summed E-state index contributed by atoms with van der Waals surface area (Å²) in [6.07, 6.45) is 0. The van der Waals surface area contributed by atoms with Gasteiger partial charge in [-0.05, 0) is 48.5 Å². The monoisotopic (exact) mass is 658 g/mol. The zero-order valence-electron chi connectivity index (χ0n) is 31.8. The quantitative estimate of drug-likeness (QED) is 0.189. The molecule has 7 aromatic carbocycles. The Morgan fingerprint density at radius 2 is 1.12 bits per heavy atom. The van der Waals surface area contributed by atoms with Gasteiger partial charge in [0.15, 0.2) is 11.6 Å².